The van der Waals surface area contributed by atoms with Gasteiger partial charge >= 0.3 is 0 Å². The minimum atomic E-state index is 0.129. The van der Waals surface area contributed by atoms with Crippen LogP contribution in [0.15, 0.2) is 54.9 Å². The second kappa shape index (κ2) is 7.40. The summed E-state index contributed by atoms with van der Waals surface area (Å²) in [6.45, 7) is 0.662. The Morgan fingerprint density at radius 2 is 1.71 bits per heavy atom. The van der Waals surface area contributed by atoms with E-state index in [4.69, 9.17) is 0 Å². The first-order valence-electron chi connectivity index (χ1n) is 10.3. The maximum Gasteiger partial charge on any atom is 0.222 e. The fraction of sp³-hybridized carbons (Fsp3) is 0.391. The lowest BCUT2D eigenvalue weighted by atomic mass is 9.85. The van der Waals surface area contributed by atoms with Gasteiger partial charge in [-0.3, -0.25) is 4.79 Å². The van der Waals surface area contributed by atoms with Gasteiger partial charge in [0.2, 0.25) is 5.91 Å². The predicted molar refractivity (Wildman–Crippen MR) is 110 cm³/mol. The van der Waals surface area contributed by atoms with E-state index in [-0.39, 0.29) is 11.9 Å². The molecule has 5 rings (SSSR count). The summed E-state index contributed by atoms with van der Waals surface area (Å²) >= 11 is 0. The van der Waals surface area contributed by atoms with Crippen molar-refractivity contribution in [3.63, 3.8) is 0 Å². The predicted octanol–water partition coefficient (Wildman–Crippen LogP) is 2.83. The fourth-order valence-electron chi connectivity index (χ4n) is 4.54. The number of nitrogens with zero attached hydrogens (tertiary/aromatic N) is 2. The highest BCUT2D eigenvalue weighted by molar-refractivity contribution is 5.77. The van der Waals surface area contributed by atoms with Crippen molar-refractivity contribution in [1.29, 1.82) is 0 Å². The molecule has 1 amide bonds. The summed E-state index contributed by atoms with van der Waals surface area (Å²) in [6.07, 6.45) is 6.71. The SMILES string of the molecule is O=C(CCn1cnc2ccccc21)N[C@@H]1CC[C@@H]1NC1Cc2ccccc2C1. The summed E-state index contributed by atoms with van der Waals surface area (Å²) in [5.41, 5.74) is 4.99. The van der Waals surface area contributed by atoms with E-state index in [2.05, 4.69) is 44.5 Å². The number of para-hydroxylation sites is 2. The summed E-state index contributed by atoms with van der Waals surface area (Å²) in [6, 6.07) is 17.9. The lowest BCUT2D eigenvalue weighted by molar-refractivity contribution is -0.122. The van der Waals surface area contributed by atoms with Crippen LogP contribution in [0.2, 0.25) is 0 Å². The van der Waals surface area contributed by atoms with Crippen LogP contribution in [0.25, 0.3) is 11.0 Å². The number of amides is 1. The molecular formula is C23H26N4O. The van der Waals surface area contributed by atoms with Crippen LogP contribution >= 0.6 is 0 Å². The van der Waals surface area contributed by atoms with Gasteiger partial charge in [-0.2, -0.15) is 0 Å². The molecule has 2 aliphatic rings. The number of carbonyl (C=O) groups is 1. The zero-order chi connectivity index (χ0) is 18.9. The summed E-state index contributed by atoms with van der Waals surface area (Å²) in [5, 5.41) is 7.02. The van der Waals surface area contributed by atoms with E-state index in [1.807, 2.05) is 30.6 Å². The van der Waals surface area contributed by atoms with Crippen molar-refractivity contribution in [3.05, 3.63) is 66.0 Å². The van der Waals surface area contributed by atoms with E-state index in [9.17, 15) is 4.79 Å². The Morgan fingerprint density at radius 3 is 2.46 bits per heavy atom. The summed E-state index contributed by atoms with van der Waals surface area (Å²) < 4.78 is 2.06. The summed E-state index contributed by atoms with van der Waals surface area (Å²) in [5.74, 6) is 0.129. The molecule has 1 saturated carbocycles. The highest BCUT2D eigenvalue weighted by Crippen LogP contribution is 2.26. The van der Waals surface area contributed by atoms with Gasteiger partial charge in [0.15, 0.2) is 0 Å². The van der Waals surface area contributed by atoms with Crippen LogP contribution in [0.1, 0.15) is 30.4 Å². The van der Waals surface area contributed by atoms with Gasteiger partial charge in [0.05, 0.1) is 17.4 Å². The highest BCUT2D eigenvalue weighted by atomic mass is 16.1. The van der Waals surface area contributed by atoms with Crippen LogP contribution in [0.4, 0.5) is 0 Å². The molecule has 0 bridgehead atoms. The first-order chi connectivity index (χ1) is 13.8. The van der Waals surface area contributed by atoms with Crippen molar-refractivity contribution in [2.75, 3.05) is 0 Å². The Kier molecular flexibility index (Phi) is 4.61. The zero-order valence-electron chi connectivity index (χ0n) is 16.0. The fourth-order valence-corrected chi connectivity index (χ4v) is 4.54. The number of hydrogen-bond donors (Lipinski definition) is 2. The van der Waals surface area contributed by atoms with Gasteiger partial charge in [0, 0.05) is 31.1 Å². The molecule has 0 saturated heterocycles. The van der Waals surface area contributed by atoms with Gasteiger partial charge in [0.25, 0.3) is 0 Å². The maximum atomic E-state index is 12.5. The van der Waals surface area contributed by atoms with E-state index in [0.29, 0.717) is 25.0 Å². The number of fused-ring (bicyclic) bond motifs is 2. The van der Waals surface area contributed by atoms with Crippen molar-refractivity contribution >= 4 is 16.9 Å². The van der Waals surface area contributed by atoms with Gasteiger partial charge in [-0.1, -0.05) is 36.4 Å². The standard InChI is InChI=1S/C23H26N4O/c28-23(11-12-27-15-24-21-7-3-4-8-22(21)27)26-20-10-9-19(20)25-18-13-16-5-1-2-6-17(16)14-18/h1-8,15,18-20,25H,9-14H2,(H,26,28)/t19-,20+/m0/s1. The summed E-state index contributed by atoms with van der Waals surface area (Å²) in [4.78, 5) is 16.9. The second-order valence-corrected chi connectivity index (χ2v) is 8.08. The number of aryl methyl sites for hydroxylation is 1. The topological polar surface area (TPSA) is 59.0 Å². The van der Waals surface area contributed by atoms with Crippen LogP contribution < -0.4 is 10.6 Å². The largest absolute Gasteiger partial charge is 0.352 e. The lowest BCUT2D eigenvalue weighted by Crippen LogP contribution is -2.59. The maximum absolute atomic E-state index is 12.5. The number of rotatable bonds is 6. The minimum absolute atomic E-state index is 0.129. The Bertz CT molecular complexity index is 970. The van der Waals surface area contributed by atoms with E-state index in [1.165, 1.54) is 11.1 Å². The molecule has 5 heteroatoms. The van der Waals surface area contributed by atoms with Crippen LogP contribution in [0, 0.1) is 0 Å². The highest BCUT2D eigenvalue weighted by Gasteiger charge is 2.34. The van der Waals surface area contributed by atoms with Crippen LogP contribution in [-0.2, 0) is 24.2 Å². The van der Waals surface area contributed by atoms with Crippen molar-refractivity contribution in [2.24, 2.45) is 0 Å². The smallest absolute Gasteiger partial charge is 0.222 e. The Labute approximate surface area is 165 Å². The zero-order valence-corrected chi connectivity index (χ0v) is 16.0. The number of imidazole rings is 1. The van der Waals surface area contributed by atoms with Crippen molar-refractivity contribution in [1.82, 2.24) is 20.2 Å². The molecule has 1 aromatic heterocycles. The molecule has 3 aromatic rings. The van der Waals surface area contributed by atoms with E-state index in [0.717, 1.165) is 36.7 Å². The van der Waals surface area contributed by atoms with Crippen molar-refractivity contribution < 1.29 is 4.79 Å². The number of aromatic nitrogens is 2. The third-order valence-corrected chi connectivity index (χ3v) is 6.23. The molecule has 0 aliphatic heterocycles. The summed E-state index contributed by atoms with van der Waals surface area (Å²) in [7, 11) is 0. The molecule has 0 spiro atoms. The molecular weight excluding hydrogens is 348 g/mol. The number of benzene rings is 2. The normalized spacial score (nSPS) is 21.4. The molecule has 5 nitrogen and oxygen atoms in total. The first kappa shape index (κ1) is 17.4. The van der Waals surface area contributed by atoms with Gasteiger partial charge in [0.1, 0.15) is 0 Å². The monoisotopic (exact) mass is 374 g/mol. The molecule has 2 N–H and O–H groups in total. The Morgan fingerprint density at radius 1 is 1.00 bits per heavy atom. The van der Waals surface area contributed by atoms with Crippen LogP contribution in [0.3, 0.4) is 0 Å². The minimum Gasteiger partial charge on any atom is -0.352 e. The molecule has 2 atom stereocenters. The second-order valence-electron chi connectivity index (χ2n) is 8.08. The van der Waals surface area contributed by atoms with Gasteiger partial charge in [-0.15, -0.1) is 0 Å². The molecule has 2 aromatic carbocycles. The number of carbonyl (C=O) groups excluding carboxylic acids is 1. The third kappa shape index (κ3) is 3.42. The Balaban J connectivity index is 1.11. The quantitative estimate of drug-likeness (QED) is 0.698. The van der Waals surface area contributed by atoms with Gasteiger partial charge < -0.3 is 15.2 Å². The average molecular weight is 374 g/mol. The molecule has 28 heavy (non-hydrogen) atoms. The molecule has 0 unspecified atom stereocenters. The molecule has 144 valence electrons. The molecule has 1 heterocycles. The third-order valence-electron chi connectivity index (χ3n) is 6.23. The van der Waals surface area contributed by atoms with Crippen LogP contribution in [-0.4, -0.2) is 33.6 Å². The van der Waals surface area contributed by atoms with E-state index >= 15 is 0 Å². The average Bonchev–Trinajstić information content (AvgIpc) is 3.31. The van der Waals surface area contributed by atoms with Gasteiger partial charge in [-0.05, 0) is 48.9 Å². The van der Waals surface area contributed by atoms with E-state index in [1.54, 1.807) is 0 Å². The van der Waals surface area contributed by atoms with Crippen molar-refractivity contribution in [3.8, 4) is 0 Å². The molecule has 1 fully saturated rings. The number of hydrogen-bond acceptors (Lipinski definition) is 3. The Hall–Kier alpha value is -2.66. The van der Waals surface area contributed by atoms with Gasteiger partial charge in [-0.25, -0.2) is 4.98 Å². The van der Waals surface area contributed by atoms with Crippen LogP contribution in [0.5, 0.6) is 0 Å². The molecule has 2 aliphatic carbocycles. The van der Waals surface area contributed by atoms with E-state index < -0.39 is 0 Å². The molecule has 0 radical (unpaired) electrons. The lowest BCUT2D eigenvalue weighted by Gasteiger charge is -2.39. The van der Waals surface area contributed by atoms with Crippen molar-refractivity contribution in [2.45, 2.75) is 56.8 Å². The number of nitrogens with one attached hydrogen (secondary N) is 2. The first-order valence-corrected chi connectivity index (χ1v) is 10.3.